The maximum Gasteiger partial charge on any atom is 0.169 e. The first-order chi connectivity index (χ1) is 7.65. The van der Waals surface area contributed by atoms with E-state index in [1.165, 1.54) is 19.5 Å². The molecule has 4 heteroatoms. The third-order valence-corrected chi connectivity index (χ3v) is 3.65. The van der Waals surface area contributed by atoms with Crippen molar-refractivity contribution in [1.29, 1.82) is 0 Å². The summed E-state index contributed by atoms with van der Waals surface area (Å²) in [5.41, 5.74) is 0. The monoisotopic (exact) mass is 286 g/mol. The van der Waals surface area contributed by atoms with Crippen LogP contribution in [0.1, 0.15) is 25.1 Å². The maximum atomic E-state index is 5.53. The van der Waals surface area contributed by atoms with Gasteiger partial charge in [-0.3, -0.25) is 0 Å². The van der Waals surface area contributed by atoms with Gasteiger partial charge in [-0.05, 0) is 67.5 Å². The minimum Gasteiger partial charge on any atom is -0.453 e. The molecule has 1 aliphatic heterocycles. The quantitative estimate of drug-likeness (QED) is 0.923. The lowest BCUT2D eigenvalue weighted by Crippen LogP contribution is -2.27. The van der Waals surface area contributed by atoms with E-state index in [4.69, 9.17) is 4.42 Å². The fourth-order valence-corrected chi connectivity index (χ4v) is 2.52. The van der Waals surface area contributed by atoms with Crippen molar-refractivity contribution in [3.63, 3.8) is 0 Å². The van der Waals surface area contributed by atoms with Crippen LogP contribution in [0.5, 0.6) is 0 Å². The summed E-state index contributed by atoms with van der Waals surface area (Å²) in [6.45, 7) is 5.66. The summed E-state index contributed by atoms with van der Waals surface area (Å²) in [6, 6.07) is 4.25. The van der Waals surface area contributed by atoms with Crippen molar-refractivity contribution < 1.29 is 4.42 Å². The van der Waals surface area contributed by atoms with E-state index < -0.39 is 0 Å². The highest BCUT2D eigenvalue weighted by Gasteiger charge is 2.20. The Morgan fingerprint density at radius 2 is 2.44 bits per heavy atom. The number of hydrogen-bond acceptors (Lipinski definition) is 3. The Kier molecular flexibility index (Phi) is 4.05. The van der Waals surface area contributed by atoms with Gasteiger partial charge in [-0.1, -0.05) is 0 Å². The Hall–Kier alpha value is -0.320. The molecule has 0 amide bonds. The highest BCUT2D eigenvalue weighted by atomic mass is 79.9. The van der Waals surface area contributed by atoms with E-state index >= 15 is 0 Å². The van der Waals surface area contributed by atoms with Gasteiger partial charge >= 0.3 is 0 Å². The molecule has 2 heterocycles. The van der Waals surface area contributed by atoms with Crippen LogP contribution in [-0.4, -0.2) is 31.6 Å². The van der Waals surface area contributed by atoms with Crippen LogP contribution < -0.4 is 5.32 Å². The summed E-state index contributed by atoms with van der Waals surface area (Å²) in [7, 11) is 2.19. The highest BCUT2D eigenvalue weighted by molar-refractivity contribution is 9.10. The molecule has 16 heavy (non-hydrogen) atoms. The van der Waals surface area contributed by atoms with Gasteiger partial charge < -0.3 is 14.6 Å². The fraction of sp³-hybridized carbons (Fsp3) is 0.667. The van der Waals surface area contributed by atoms with Crippen molar-refractivity contribution in [1.82, 2.24) is 10.2 Å². The zero-order valence-corrected chi connectivity index (χ0v) is 11.5. The zero-order valence-electron chi connectivity index (χ0n) is 9.87. The lowest BCUT2D eigenvalue weighted by Gasteiger charge is -2.15. The molecular formula is C12H19BrN2O. The SMILES string of the molecule is CC(NCC1CCN(C)C1)c1ccc(Br)o1. The van der Waals surface area contributed by atoms with Gasteiger partial charge in [0.1, 0.15) is 5.76 Å². The number of rotatable bonds is 4. The molecule has 90 valence electrons. The number of furan rings is 1. The third kappa shape index (κ3) is 3.09. The van der Waals surface area contributed by atoms with Gasteiger partial charge in [-0.25, -0.2) is 0 Å². The molecule has 0 radical (unpaired) electrons. The molecule has 1 N–H and O–H groups in total. The Bertz CT molecular complexity index is 340. The van der Waals surface area contributed by atoms with Gasteiger partial charge in [-0.2, -0.15) is 0 Å². The molecule has 2 atom stereocenters. The molecule has 0 aliphatic carbocycles. The third-order valence-electron chi connectivity index (χ3n) is 3.22. The van der Waals surface area contributed by atoms with Gasteiger partial charge in [0.25, 0.3) is 0 Å². The first-order valence-corrected chi connectivity index (χ1v) is 6.61. The van der Waals surface area contributed by atoms with Crippen LogP contribution in [0.4, 0.5) is 0 Å². The average molecular weight is 287 g/mol. The second kappa shape index (κ2) is 5.34. The van der Waals surface area contributed by atoms with Gasteiger partial charge in [0.2, 0.25) is 0 Å². The first-order valence-electron chi connectivity index (χ1n) is 5.82. The predicted molar refractivity (Wildman–Crippen MR) is 68.4 cm³/mol. The van der Waals surface area contributed by atoms with Crippen LogP contribution in [0.25, 0.3) is 0 Å². The molecule has 0 spiro atoms. The number of halogens is 1. The van der Waals surface area contributed by atoms with Crippen molar-refractivity contribution in [3.8, 4) is 0 Å². The van der Waals surface area contributed by atoms with Crippen molar-refractivity contribution in [2.75, 3.05) is 26.7 Å². The van der Waals surface area contributed by atoms with Gasteiger partial charge in [0, 0.05) is 6.54 Å². The van der Waals surface area contributed by atoms with Crippen molar-refractivity contribution >= 4 is 15.9 Å². The van der Waals surface area contributed by atoms with Crippen molar-refractivity contribution in [2.24, 2.45) is 5.92 Å². The van der Waals surface area contributed by atoms with Crippen LogP contribution in [-0.2, 0) is 0 Å². The predicted octanol–water partition coefficient (Wildman–Crippen LogP) is 2.64. The molecule has 0 aromatic carbocycles. The van der Waals surface area contributed by atoms with Gasteiger partial charge in [0.05, 0.1) is 6.04 Å². The molecule has 0 saturated carbocycles. The van der Waals surface area contributed by atoms with Crippen LogP contribution >= 0.6 is 15.9 Å². The minimum absolute atomic E-state index is 0.289. The van der Waals surface area contributed by atoms with E-state index in [0.29, 0.717) is 0 Å². The van der Waals surface area contributed by atoms with Gasteiger partial charge in [-0.15, -0.1) is 0 Å². The largest absolute Gasteiger partial charge is 0.453 e. The lowest BCUT2D eigenvalue weighted by molar-refractivity contribution is 0.366. The molecule has 1 aromatic rings. The molecule has 1 saturated heterocycles. The molecule has 1 fully saturated rings. The average Bonchev–Trinajstić information content (AvgIpc) is 2.84. The zero-order chi connectivity index (χ0) is 11.5. The molecule has 2 rings (SSSR count). The second-order valence-electron chi connectivity index (χ2n) is 4.69. The van der Waals surface area contributed by atoms with E-state index in [2.05, 4.69) is 40.1 Å². The summed E-state index contributed by atoms with van der Waals surface area (Å²) in [5, 5.41) is 3.53. The fourth-order valence-electron chi connectivity index (χ4n) is 2.20. The standard InChI is InChI=1S/C12H19BrN2O/c1-9(11-3-4-12(13)16-11)14-7-10-5-6-15(2)8-10/h3-4,9-10,14H,5-8H2,1-2H3. The van der Waals surface area contributed by atoms with E-state index in [0.717, 1.165) is 22.9 Å². The Morgan fingerprint density at radius 1 is 1.62 bits per heavy atom. The molecule has 2 unspecified atom stereocenters. The highest BCUT2D eigenvalue weighted by Crippen LogP contribution is 2.21. The lowest BCUT2D eigenvalue weighted by atomic mass is 10.1. The van der Waals surface area contributed by atoms with Crippen LogP contribution in [0, 0.1) is 5.92 Å². The summed E-state index contributed by atoms with van der Waals surface area (Å²) in [5.74, 6) is 1.78. The molecule has 0 bridgehead atoms. The summed E-state index contributed by atoms with van der Waals surface area (Å²) < 4.78 is 6.33. The number of nitrogens with one attached hydrogen (secondary N) is 1. The maximum absolute atomic E-state index is 5.53. The summed E-state index contributed by atoms with van der Waals surface area (Å²) in [4.78, 5) is 2.39. The van der Waals surface area contributed by atoms with E-state index in [1.807, 2.05) is 12.1 Å². The molecular weight excluding hydrogens is 268 g/mol. The van der Waals surface area contributed by atoms with Crippen LogP contribution in [0.3, 0.4) is 0 Å². The smallest absolute Gasteiger partial charge is 0.169 e. The van der Waals surface area contributed by atoms with Gasteiger partial charge in [0.15, 0.2) is 4.67 Å². The Balaban J connectivity index is 1.77. The molecule has 1 aliphatic rings. The summed E-state index contributed by atoms with van der Waals surface area (Å²) in [6.07, 6.45) is 1.30. The molecule has 1 aromatic heterocycles. The van der Waals surface area contributed by atoms with E-state index in [-0.39, 0.29) is 6.04 Å². The number of likely N-dealkylation sites (tertiary alicyclic amines) is 1. The van der Waals surface area contributed by atoms with E-state index in [9.17, 15) is 0 Å². The number of hydrogen-bond donors (Lipinski definition) is 1. The van der Waals surface area contributed by atoms with Crippen molar-refractivity contribution in [2.45, 2.75) is 19.4 Å². The summed E-state index contributed by atoms with van der Waals surface area (Å²) >= 11 is 3.32. The Morgan fingerprint density at radius 3 is 3.00 bits per heavy atom. The van der Waals surface area contributed by atoms with Crippen LogP contribution in [0.2, 0.25) is 0 Å². The Labute approximate surface area is 105 Å². The van der Waals surface area contributed by atoms with E-state index in [1.54, 1.807) is 0 Å². The van der Waals surface area contributed by atoms with Crippen molar-refractivity contribution in [3.05, 3.63) is 22.6 Å². The van der Waals surface area contributed by atoms with Crippen LogP contribution in [0.15, 0.2) is 21.2 Å². The number of nitrogens with zero attached hydrogens (tertiary/aromatic N) is 1. The molecule has 3 nitrogen and oxygen atoms in total. The second-order valence-corrected chi connectivity index (χ2v) is 5.47. The topological polar surface area (TPSA) is 28.4 Å². The normalized spacial score (nSPS) is 23.8. The first kappa shape index (κ1) is 12.1. The minimum atomic E-state index is 0.289.